The Morgan fingerprint density at radius 3 is 2.38 bits per heavy atom. The zero-order valence-electron chi connectivity index (χ0n) is 26.9. The standard InChI is InChI=1S/C43H44N2/c1-6-9-13-31(4)32(5)43(41(8-3)39(12-7-2)29-33-16-17-34-14-10-11-15-38(34)28-33)37-20-18-36(19-21-37)42-23-22-40(30-45-42)35-24-26-44-27-25-35/h6-7,9-28,32,40,43H,1,4,8,29-30H2,2-3,5H3/b12-7-,13-9-,41-39-. The Balaban J connectivity index is 1.50. The summed E-state index contributed by atoms with van der Waals surface area (Å²) in [4.78, 5) is 9.11. The molecule has 3 aromatic carbocycles. The summed E-state index contributed by atoms with van der Waals surface area (Å²) in [5.74, 6) is 0.672. The first-order valence-corrected chi connectivity index (χ1v) is 16.1. The van der Waals surface area contributed by atoms with E-state index < -0.39 is 0 Å². The van der Waals surface area contributed by atoms with Crippen molar-refractivity contribution >= 4 is 16.5 Å². The molecule has 45 heavy (non-hydrogen) atoms. The number of hydrogen-bond donors (Lipinski definition) is 0. The third-order valence-electron chi connectivity index (χ3n) is 8.92. The third kappa shape index (κ3) is 7.64. The lowest BCUT2D eigenvalue weighted by Crippen LogP contribution is -2.16. The molecule has 226 valence electrons. The van der Waals surface area contributed by atoms with Gasteiger partial charge in [-0.25, -0.2) is 0 Å². The Hall–Kier alpha value is -4.82. The van der Waals surface area contributed by atoms with Crippen molar-refractivity contribution in [2.45, 2.75) is 45.4 Å². The van der Waals surface area contributed by atoms with Gasteiger partial charge in [-0.2, -0.15) is 0 Å². The van der Waals surface area contributed by atoms with Gasteiger partial charge in [-0.3, -0.25) is 9.98 Å². The van der Waals surface area contributed by atoms with E-state index in [9.17, 15) is 0 Å². The van der Waals surface area contributed by atoms with E-state index in [1.165, 1.54) is 38.6 Å². The van der Waals surface area contributed by atoms with E-state index in [4.69, 9.17) is 4.99 Å². The van der Waals surface area contributed by atoms with Gasteiger partial charge in [-0.1, -0.05) is 141 Å². The molecule has 0 saturated heterocycles. The number of hydrogen-bond acceptors (Lipinski definition) is 2. The number of rotatable bonds is 12. The fourth-order valence-corrected chi connectivity index (χ4v) is 6.44. The van der Waals surface area contributed by atoms with Crippen molar-refractivity contribution in [3.8, 4) is 0 Å². The second kappa shape index (κ2) is 15.3. The zero-order valence-corrected chi connectivity index (χ0v) is 26.9. The Bertz CT molecular complexity index is 1780. The van der Waals surface area contributed by atoms with Gasteiger partial charge in [0.2, 0.25) is 0 Å². The summed E-state index contributed by atoms with van der Waals surface area (Å²) in [6.45, 7) is 15.8. The molecule has 0 amide bonds. The average molecular weight is 589 g/mol. The maximum absolute atomic E-state index is 4.96. The SMILES string of the molecule is C=C/C=C\C(=C)C(C)C(/C(CC)=C(/C=C\C)Cc1ccc2ccccc2c1)c1ccc(C2=NCC(c3ccncc3)C=C2)cc1. The van der Waals surface area contributed by atoms with Crippen LogP contribution in [0.4, 0.5) is 0 Å². The lowest BCUT2D eigenvalue weighted by atomic mass is 9.74. The first-order valence-electron chi connectivity index (χ1n) is 16.1. The minimum atomic E-state index is 0.178. The van der Waals surface area contributed by atoms with Gasteiger partial charge in [0.15, 0.2) is 0 Å². The lowest BCUT2D eigenvalue weighted by molar-refractivity contribution is 0.576. The van der Waals surface area contributed by atoms with Gasteiger partial charge in [0.05, 0.1) is 5.71 Å². The fourth-order valence-electron chi connectivity index (χ4n) is 6.44. The minimum absolute atomic E-state index is 0.178. The molecule has 0 spiro atoms. The summed E-state index contributed by atoms with van der Waals surface area (Å²) in [6, 6.07) is 28.7. The van der Waals surface area contributed by atoms with Crippen LogP contribution in [0.5, 0.6) is 0 Å². The minimum Gasteiger partial charge on any atom is -0.284 e. The van der Waals surface area contributed by atoms with Crippen molar-refractivity contribution < 1.29 is 0 Å². The number of dihydropyridines is 1. The van der Waals surface area contributed by atoms with Gasteiger partial charge in [0.1, 0.15) is 0 Å². The van der Waals surface area contributed by atoms with E-state index >= 15 is 0 Å². The van der Waals surface area contributed by atoms with E-state index in [0.717, 1.165) is 36.2 Å². The molecule has 0 fully saturated rings. The van der Waals surface area contributed by atoms with Crippen LogP contribution in [0.3, 0.4) is 0 Å². The quantitative estimate of drug-likeness (QED) is 0.151. The molecule has 1 aromatic heterocycles. The van der Waals surface area contributed by atoms with Crippen LogP contribution in [0, 0.1) is 5.92 Å². The van der Waals surface area contributed by atoms with E-state index in [1.807, 2.05) is 24.5 Å². The molecule has 0 radical (unpaired) electrons. The number of aromatic nitrogens is 1. The number of allylic oxidation sites excluding steroid dienone is 9. The van der Waals surface area contributed by atoms with Gasteiger partial charge < -0.3 is 0 Å². The summed E-state index contributed by atoms with van der Waals surface area (Å²) in [6.07, 6.45) is 20.4. The Morgan fingerprint density at radius 1 is 0.956 bits per heavy atom. The number of pyridine rings is 1. The summed E-state index contributed by atoms with van der Waals surface area (Å²) in [5.41, 5.74) is 9.98. The summed E-state index contributed by atoms with van der Waals surface area (Å²) >= 11 is 0. The molecular weight excluding hydrogens is 544 g/mol. The van der Waals surface area contributed by atoms with Crippen LogP contribution >= 0.6 is 0 Å². The predicted octanol–water partition coefficient (Wildman–Crippen LogP) is 10.9. The van der Waals surface area contributed by atoms with E-state index in [2.05, 4.69) is 148 Å². The molecule has 2 nitrogen and oxygen atoms in total. The van der Waals surface area contributed by atoms with Gasteiger partial charge in [0.25, 0.3) is 0 Å². The van der Waals surface area contributed by atoms with Crippen molar-refractivity contribution in [1.29, 1.82) is 0 Å². The summed E-state index contributed by atoms with van der Waals surface area (Å²) in [7, 11) is 0. The van der Waals surface area contributed by atoms with Crippen LogP contribution < -0.4 is 0 Å². The molecular formula is C43H44N2. The van der Waals surface area contributed by atoms with Crippen LogP contribution in [0.1, 0.15) is 61.3 Å². The highest BCUT2D eigenvalue weighted by Crippen LogP contribution is 2.40. The van der Waals surface area contributed by atoms with Crippen molar-refractivity contribution in [2.24, 2.45) is 10.9 Å². The van der Waals surface area contributed by atoms with Crippen molar-refractivity contribution in [3.05, 3.63) is 186 Å². The summed E-state index contributed by atoms with van der Waals surface area (Å²) in [5, 5.41) is 2.55. The van der Waals surface area contributed by atoms with Crippen LogP contribution in [-0.4, -0.2) is 17.2 Å². The maximum Gasteiger partial charge on any atom is 0.0644 e. The largest absolute Gasteiger partial charge is 0.284 e. The van der Waals surface area contributed by atoms with Crippen molar-refractivity contribution in [1.82, 2.24) is 4.98 Å². The maximum atomic E-state index is 4.96. The van der Waals surface area contributed by atoms with Crippen LogP contribution in [0.15, 0.2) is 169 Å². The molecule has 2 heteroatoms. The normalized spacial score (nSPS) is 16.9. The Morgan fingerprint density at radius 2 is 1.71 bits per heavy atom. The topological polar surface area (TPSA) is 25.2 Å². The molecule has 4 aromatic rings. The number of benzene rings is 3. The van der Waals surface area contributed by atoms with Gasteiger partial charge >= 0.3 is 0 Å². The van der Waals surface area contributed by atoms with E-state index in [-0.39, 0.29) is 11.8 Å². The van der Waals surface area contributed by atoms with E-state index in [1.54, 1.807) is 0 Å². The highest BCUT2D eigenvalue weighted by atomic mass is 14.8. The average Bonchev–Trinajstić information content (AvgIpc) is 3.09. The molecule has 0 N–H and O–H groups in total. The monoisotopic (exact) mass is 588 g/mol. The van der Waals surface area contributed by atoms with Crippen LogP contribution in [-0.2, 0) is 6.42 Å². The Labute approximate surface area is 269 Å². The second-order valence-corrected chi connectivity index (χ2v) is 11.8. The molecule has 1 aliphatic heterocycles. The van der Waals surface area contributed by atoms with Gasteiger partial charge in [-0.15, -0.1) is 0 Å². The summed E-state index contributed by atoms with van der Waals surface area (Å²) < 4.78 is 0. The molecule has 0 aliphatic carbocycles. The highest BCUT2D eigenvalue weighted by Gasteiger charge is 2.26. The molecule has 3 unspecified atom stereocenters. The number of nitrogens with zero attached hydrogens (tertiary/aromatic N) is 2. The van der Waals surface area contributed by atoms with Gasteiger partial charge in [0, 0.05) is 30.8 Å². The molecule has 1 aliphatic rings. The zero-order chi connectivity index (χ0) is 31.6. The van der Waals surface area contributed by atoms with Crippen LogP contribution in [0.2, 0.25) is 0 Å². The van der Waals surface area contributed by atoms with Crippen molar-refractivity contribution in [3.63, 3.8) is 0 Å². The Kier molecular flexibility index (Phi) is 10.7. The molecule has 0 saturated carbocycles. The third-order valence-corrected chi connectivity index (χ3v) is 8.92. The molecule has 5 rings (SSSR count). The van der Waals surface area contributed by atoms with Gasteiger partial charge in [-0.05, 0) is 82.5 Å². The predicted molar refractivity (Wildman–Crippen MR) is 194 cm³/mol. The molecule has 0 bridgehead atoms. The second-order valence-electron chi connectivity index (χ2n) is 11.8. The molecule has 2 heterocycles. The first kappa shape index (κ1) is 31.6. The smallest absolute Gasteiger partial charge is 0.0644 e. The molecule has 3 atom stereocenters. The number of aliphatic imine (C=N–C) groups is 1. The highest BCUT2D eigenvalue weighted by molar-refractivity contribution is 6.09. The fraction of sp³-hybridized carbons (Fsp3) is 0.209. The van der Waals surface area contributed by atoms with Crippen LogP contribution in [0.25, 0.3) is 10.8 Å². The number of fused-ring (bicyclic) bond motifs is 1. The lowest BCUT2D eigenvalue weighted by Gasteiger charge is -2.30. The van der Waals surface area contributed by atoms with E-state index in [0.29, 0.717) is 5.92 Å². The first-order chi connectivity index (χ1) is 22.0. The van der Waals surface area contributed by atoms with Crippen molar-refractivity contribution in [2.75, 3.05) is 6.54 Å².